The van der Waals surface area contributed by atoms with Crippen molar-refractivity contribution in [2.24, 2.45) is 0 Å². The lowest BCUT2D eigenvalue weighted by Crippen LogP contribution is -2.46. The Hall–Kier alpha value is -1.59. The van der Waals surface area contributed by atoms with Crippen molar-refractivity contribution in [1.82, 2.24) is 10.2 Å². The van der Waals surface area contributed by atoms with Crippen LogP contribution in [0.15, 0.2) is 24.3 Å². The molecule has 6 heteroatoms. The number of Topliss-reactive ketones (excluding diaryl/α,β-unsaturated/α-hetero) is 1. The molecule has 0 aliphatic carbocycles. The maximum atomic E-state index is 12.2. The summed E-state index contributed by atoms with van der Waals surface area (Å²) in [6.45, 7) is 6.00. The van der Waals surface area contributed by atoms with Crippen molar-refractivity contribution in [2.75, 3.05) is 32.8 Å². The van der Waals surface area contributed by atoms with Crippen molar-refractivity contribution in [3.05, 3.63) is 29.8 Å². The highest BCUT2D eigenvalue weighted by Crippen LogP contribution is 2.15. The minimum atomic E-state index is 0. The molecule has 25 heavy (non-hydrogen) atoms. The maximum Gasteiger partial charge on any atom is 0.223 e. The van der Waals surface area contributed by atoms with Gasteiger partial charge in [0, 0.05) is 44.6 Å². The van der Waals surface area contributed by atoms with Crippen LogP contribution in [0.2, 0.25) is 0 Å². The molecule has 0 spiro atoms. The van der Waals surface area contributed by atoms with E-state index in [0.29, 0.717) is 12.2 Å². The minimum Gasteiger partial charge on any atom is -0.494 e. The van der Waals surface area contributed by atoms with Gasteiger partial charge in [-0.15, -0.1) is 12.4 Å². The fourth-order valence-corrected chi connectivity index (χ4v) is 2.72. The molecule has 1 amide bonds. The van der Waals surface area contributed by atoms with Gasteiger partial charge in [-0.05, 0) is 30.7 Å². The molecule has 2 rings (SSSR count). The Morgan fingerprint density at radius 1 is 1.08 bits per heavy atom. The molecule has 1 N–H and O–H groups in total. The average Bonchev–Trinajstić information content (AvgIpc) is 2.64. The monoisotopic (exact) mass is 368 g/mol. The summed E-state index contributed by atoms with van der Waals surface area (Å²) >= 11 is 0. The third kappa shape index (κ3) is 7.45. The number of nitrogens with one attached hydrogen (secondary N) is 1. The number of amides is 1. The Kier molecular flexibility index (Phi) is 10.2. The zero-order chi connectivity index (χ0) is 17.2. The van der Waals surface area contributed by atoms with Crippen molar-refractivity contribution < 1.29 is 14.3 Å². The number of hydrogen-bond acceptors (Lipinski definition) is 4. The molecule has 1 fully saturated rings. The highest BCUT2D eigenvalue weighted by atomic mass is 35.5. The molecule has 0 saturated carbocycles. The first-order chi connectivity index (χ1) is 11.7. The summed E-state index contributed by atoms with van der Waals surface area (Å²) in [6, 6.07) is 7.23. The van der Waals surface area contributed by atoms with Gasteiger partial charge in [-0.3, -0.25) is 9.59 Å². The third-order valence-corrected chi connectivity index (χ3v) is 4.23. The zero-order valence-corrected chi connectivity index (χ0v) is 15.8. The predicted molar refractivity (Wildman–Crippen MR) is 102 cm³/mol. The SMILES string of the molecule is CCCCCOc1ccc(C(=O)CCC(=O)N2CCNCC2)cc1.Cl. The van der Waals surface area contributed by atoms with E-state index < -0.39 is 0 Å². The second kappa shape index (κ2) is 11.9. The highest BCUT2D eigenvalue weighted by Gasteiger charge is 2.17. The molecule has 0 atom stereocenters. The number of piperazine rings is 1. The molecule has 1 aliphatic rings. The molecule has 140 valence electrons. The first kappa shape index (κ1) is 21.5. The second-order valence-corrected chi connectivity index (χ2v) is 6.13. The number of carbonyl (C=O) groups is 2. The molecule has 5 nitrogen and oxygen atoms in total. The molecule has 1 heterocycles. The van der Waals surface area contributed by atoms with E-state index in [2.05, 4.69) is 12.2 Å². The van der Waals surface area contributed by atoms with Crippen LogP contribution in [0.5, 0.6) is 5.75 Å². The van der Waals surface area contributed by atoms with Gasteiger partial charge in [-0.2, -0.15) is 0 Å². The van der Waals surface area contributed by atoms with Crippen molar-refractivity contribution in [3.63, 3.8) is 0 Å². The van der Waals surface area contributed by atoms with Crippen molar-refractivity contribution in [2.45, 2.75) is 39.0 Å². The summed E-state index contributed by atoms with van der Waals surface area (Å²) in [5.74, 6) is 0.872. The van der Waals surface area contributed by atoms with Crippen LogP contribution in [-0.4, -0.2) is 49.4 Å². The fraction of sp³-hybridized carbons (Fsp3) is 0.579. The van der Waals surface area contributed by atoms with E-state index in [0.717, 1.165) is 44.8 Å². The lowest BCUT2D eigenvalue weighted by molar-refractivity contribution is -0.131. The number of halogens is 1. The molecule has 0 unspecified atom stereocenters. The van der Waals surface area contributed by atoms with Crippen molar-refractivity contribution in [3.8, 4) is 5.75 Å². The van der Waals surface area contributed by atoms with Gasteiger partial charge in [-0.25, -0.2) is 0 Å². The van der Waals surface area contributed by atoms with E-state index in [4.69, 9.17) is 4.74 Å². The largest absolute Gasteiger partial charge is 0.494 e. The number of carbonyl (C=O) groups excluding carboxylic acids is 2. The second-order valence-electron chi connectivity index (χ2n) is 6.13. The van der Waals surface area contributed by atoms with Crippen LogP contribution in [0, 0.1) is 0 Å². The standard InChI is InChI=1S/C19H28N2O3.ClH/c1-2-3-4-15-24-17-7-5-16(6-8-17)18(22)9-10-19(23)21-13-11-20-12-14-21;/h5-8,20H,2-4,9-15H2,1H3;1H. The lowest BCUT2D eigenvalue weighted by atomic mass is 10.1. The molecular weight excluding hydrogens is 340 g/mol. The summed E-state index contributed by atoms with van der Waals surface area (Å²) in [5, 5.41) is 3.21. The topological polar surface area (TPSA) is 58.6 Å². The highest BCUT2D eigenvalue weighted by molar-refractivity contribution is 5.98. The summed E-state index contributed by atoms with van der Waals surface area (Å²) in [4.78, 5) is 26.1. The van der Waals surface area contributed by atoms with Gasteiger partial charge in [-0.1, -0.05) is 19.8 Å². The van der Waals surface area contributed by atoms with Crippen LogP contribution >= 0.6 is 12.4 Å². The number of ketones is 1. The molecule has 1 aromatic carbocycles. The van der Waals surface area contributed by atoms with Gasteiger partial charge in [0.2, 0.25) is 5.91 Å². The summed E-state index contributed by atoms with van der Waals surface area (Å²) in [7, 11) is 0. The molecule has 1 saturated heterocycles. The number of unbranched alkanes of at least 4 members (excludes halogenated alkanes) is 2. The third-order valence-electron chi connectivity index (χ3n) is 4.23. The predicted octanol–water partition coefficient (Wildman–Crippen LogP) is 3.07. The fourth-order valence-electron chi connectivity index (χ4n) is 2.72. The Labute approximate surface area is 156 Å². The molecule has 0 bridgehead atoms. The van der Waals surface area contributed by atoms with E-state index >= 15 is 0 Å². The van der Waals surface area contributed by atoms with Gasteiger partial charge < -0.3 is 15.0 Å². The first-order valence-corrected chi connectivity index (χ1v) is 8.95. The molecule has 1 aliphatic heterocycles. The smallest absolute Gasteiger partial charge is 0.223 e. The Morgan fingerprint density at radius 3 is 2.40 bits per heavy atom. The Balaban J connectivity index is 0.00000312. The van der Waals surface area contributed by atoms with Crippen LogP contribution < -0.4 is 10.1 Å². The first-order valence-electron chi connectivity index (χ1n) is 8.95. The lowest BCUT2D eigenvalue weighted by Gasteiger charge is -2.27. The molecule has 1 aromatic rings. The van der Waals surface area contributed by atoms with E-state index in [1.54, 1.807) is 12.1 Å². The van der Waals surface area contributed by atoms with Gasteiger partial charge in [0.1, 0.15) is 5.75 Å². The van der Waals surface area contributed by atoms with Gasteiger partial charge >= 0.3 is 0 Å². The summed E-state index contributed by atoms with van der Waals surface area (Å²) < 4.78 is 5.64. The van der Waals surface area contributed by atoms with E-state index in [1.165, 1.54) is 6.42 Å². The Morgan fingerprint density at radius 2 is 1.76 bits per heavy atom. The summed E-state index contributed by atoms with van der Waals surface area (Å²) in [6.07, 6.45) is 3.93. The Bertz CT molecular complexity index is 528. The van der Waals surface area contributed by atoms with Crippen molar-refractivity contribution >= 4 is 24.1 Å². The minimum absolute atomic E-state index is 0. The maximum absolute atomic E-state index is 12.2. The van der Waals surface area contributed by atoms with Gasteiger partial charge in [0.25, 0.3) is 0 Å². The van der Waals surface area contributed by atoms with E-state index in [9.17, 15) is 9.59 Å². The van der Waals surface area contributed by atoms with Gasteiger partial charge in [0.15, 0.2) is 5.78 Å². The number of benzene rings is 1. The molecule has 0 radical (unpaired) electrons. The quantitative estimate of drug-likeness (QED) is 0.537. The average molecular weight is 369 g/mol. The van der Waals surface area contributed by atoms with Crippen LogP contribution in [-0.2, 0) is 4.79 Å². The summed E-state index contributed by atoms with van der Waals surface area (Å²) in [5.41, 5.74) is 0.643. The molecule has 0 aromatic heterocycles. The van der Waals surface area contributed by atoms with E-state index in [-0.39, 0.29) is 36.9 Å². The van der Waals surface area contributed by atoms with Gasteiger partial charge in [0.05, 0.1) is 6.61 Å². The van der Waals surface area contributed by atoms with Crippen LogP contribution in [0.3, 0.4) is 0 Å². The zero-order valence-electron chi connectivity index (χ0n) is 15.0. The van der Waals surface area contributed by atoms with E-state index in [1.807, 2.05) is 17.0 Å². The number of nitrogens with zero attached hydrogens (tertiary/aromatic N) is 1. The van der Waals surface area contributed by atoms with Crippen LogP contribution in [0.25, 0.3) is 0 Å². The van der Waals surface area contributed by atoms with Crippen molar-refractivity contribution in [1.29, 1.82) is 0 Å². The number of ether oxygens (including phenoxy) is 1. The normalized spacial score (nSPS) is 13.9. The van der Waals surface area contributed by atoms with Crippen LogP contribution in [0.1, 0.15) is 49.4 Å². The number of rotatable bonds is 9. The van der Waals surface area contributed by atoms with Crippen LogP contribution in [0.4, 0.5) is 0 Å². The molecular formula is C19H29ClN2O3. The number of hydrogen-bond donors (Lipinski definition) is 1.